The maximum absolute atomic E-state index is 12.7. The number of anilines is 2. The fourth-order valence-corrected chi connectivity index (χ4v) is 4.93. The van der Waals surface area contributed by atoms with E-state index in [1.54, 1.807) is 41.7 Å². The van der Waals surface area contributed by atoms with E-state index in [1.165, 1.54) is 0 Å². The molecule has 1 unspecified atom stereocenters. The van der Waals surface area contributed by atoms with Gasteiger partial charge in [-0.1, -0.05) is 43.9 Å². The molecular weight excluding hydrogens is 412 g/mol. The zero-order valence-corrected chi connectivity index (χ0v) is 19.0. The maximum Gasteiger partial charge on any atom is 0.255 e. The van der Waals surface area contributed by atoms with E-state index in [2.05, 4.69) is 29.9 Å². The molecule has 1 atom stereocenters. The molecule has 0 spiro atoms. The van der Waals surface area contributed by atoms with Crippen LogP contribution in [-0.2, 0) is 4.79 Å². The van der Waals surface area contributed by atoms with Crippen LogP contribution in [0.15, 0.2) is 60.0 Å². The number of rotatable bonds is 7. The van der Waals surface area contributed by atoms with Crippen LogP contribution in [0.3, 0.4) is 0 Å². The Morgan fingerprint density at radius 3 is 2.30 bits per heavy atom. The molecule has 0 radical (unpaired) electrons. The van der Waals surface area contributed by atoms with Crippen LogP contribution in [-0.4, -0.2) is 20.0 Å². The molecule has 0 bridgehead atoms. The number of nitrogen functional groups attached to an aromatic ring is 1. The first-order chi connectivity index (χ1) is 14.1. The lowest BCUT2D eigenvalue weighted by molar-refractivity contribution is -0.119. The van der Waals surface area contributed by atoms with Gasteiger partial charge in [-0.2, -0.15) is 0 Å². The Morgan fingerprint density at radius 2 is 1.73 bits per heavy atom. The molecule has 0 aliphatic carbocycles. The third-order valence-corrected chi connectivity index (χ3v) is 6.55. The molecule has 156 valence electrons. The molecule has 0 aliphatic rings. The highest BCUT2D eigenvalue weighted by Crippen LogP contribution is 2.30. The topological polar surface area (TPSA) is 110 Å². The van der Waals surface area contributed by atoms with Gasteiger partial charge in [0.25, 0.3) is 5.91 Å². The number of carbonyl (C=O) groups excluding carboxylic acids is 2. The van der Waals surface area contributed by atoms with Gasteiger partial charge < -0.3 is 21.8 Å². The molecule has 0 aliphatic heterocycles. The first kappa shape index (κ1) is 21.8. The molecule has 2 aromatic carbocycles. The first-order valence-corrected chi connectivity index (χ1v) is 13.9. The molecule has 3 rings (SSSR count). The maximum atomic E-state index is 12.7. The number of carbonyl (C=O) groups is 2. The van der Waals surface area contributed by atoms with Crippen LogP contribution in [0, 0.1) is 0 Å². The van der Waals surface area contributed by atoms with Crippen LogP contribution in [0.1, 0.15) is 22.0 Å². The summed E-state index contributed by atoms with van der Waals surface area (Å²) >= 11 is 1.62. The summed E-state index contributed by atoms with van der Waals surface area (Å²) < 4.78 is 0. The molecule has 6 nitrogen and oxygen atoms in total. The van der Waals surface area contributed by atoms with E-state index in [4.69, 9.17) is 11.5 Å². The van der Waals surface area contributed by atoms with Crippen LogP contribution in [0.5, 0.6) is 0 Å². The molecule has 0 saturated carbocycles. The highest BCUT2D eigenvalue weighted by atomic mass is 32.1. The zero-order chi connectivity index (χ0) is 21.9. The van der Waals surface area contributed by atoms with Crippen LogP contribution in [0.2, 0.25) is 19.6 Å². The van der Waals surface area contributed by atoms with Gasteiger partial charge in [0.05, 0.1) is 11.4 Å². The van der Waals surface area contributed by atoms with Crippen molar-refractivity contribution in [1.29, 1.82) is 0 Å². The number of thiophene rings is 1. The van der Waals surface area contributed by atoms with Gasteiger partial charge >= 0.3 is 0 Å². The van der Waals surface area contributed by atoms with Gasteiger partial charge in [0.2, 0.25) is 5.91 Å². The Labute approximate surface area is 181 Å². The van der Waals surface area contributed by atoms with E-state index in [0.717, 1.165) is 16.0 Å². The van der Waals surface area contributed by atoms with E-state index < -0.39 is 20.2 Å². The molecule has 0 fully saturated rings. The molecule has 0 saturated heterocycles. The van der Waals surface area contributed by atoms with Crippen molar-refractivity contribution in [3.8, 4) is 10.4 Å². The van der Waals surface area contributed by atoms with Gasteiger partial charge in [-0.15, -0.1) is 11.3 Å². The van der Waals surface area contributed by atoms with E-state index in [9.17, 15) is 9.59 Å². The van der Waals surface area contributed by atoms with E-state index >= 15 is 0 Å². The van der Waals surface area contributed by atoms with Gasteiger partial charge in [-0.3, -0.25) is 9.59 Å². The SMILES string of the molecule is C[Si](C)(C)NC(C(N)=O)c1ccc(C(=O)Nc2cc(-c3cccs3)ccc2N)cc1. The standard InChI is InChI=1S/C22H26N4O2SSi/c1-30(2,3)26-20(21(24)27)14-6-8-15(9-7-14)22(28)25-18-13-16(10-11-17(18)23)19-5-4-12-29-19/h4-13,20,26H,23H2,1-3H3,(H2,24,27)(H,25,28). The normalized spacial score (nSPS) is 12.4. The largest absolute Gasteiger partial charge is 0.397 e. The monoisotopic (exact) mass is 438 g/mol. The van der Waals surface area contributed by atoms with Gasteiger partial charge in [0, 0.05) is 10.4 Å². The Morgan fingerprint density at radius 1 is 1.03 bits per heavy atom. The zero-order valence-electron chi connectivity index (χ0n) is 17.2. The fourth-order valence-electron chi connectivity index (χ4n) is 3.03. The molecule has 8 heteroatoms. The minimum absolute atomic E-state index is 0.273. The van der Waals surface area contributed by atoms with Crippen molar-refractivity contribution >= 4 is 42.8 Å². The van der Waals surface area contributed by atoms with E-state index in [0.29, 0.717) is 16.9 Å². The third-order valence-electron chi connectivity index (χ3n) is 4.48. The van der Waals surface area contributed by atoms with Gasteiger partial charge in [0.1, 0.15) is 14.3 Å². The van der Waals surface area contributed by atoms with Crippen molar-refractivity contribution in [2.75, 3.05) is 11.1 Å². The molecule has 3 aromatic rings. The number of nitrogens with two attached hydrogens (primary N) is 2. The summed E-state index contributed by atoms with van der Waals surface area (Å²) in [5.74, 6) is -0.710. The van der Waals surface area contributed by atoms with Crippen molar-refractivity contribution in [3.63, 3.8) is 0 Å². The van der Waals surface area contributed by atoms with Crippen molar-refractivity contribution in [2.45, 2.75) is 25.7 Å². The molecule has 30 heavy (non-hydrogen) atoms. The Hall–Kier alpha value is -2.94. The second-order valence-electron chi connectivity index (χ2n) is 8.09. The lowest BCUT2D eigenvalue weighted by Gasteiger charge is -2.25. The molecule has 6 N–H and O–H groups in total. The Bertz CT molecular complexity index is 1040. The summed E-state index contributed by atoms with van der Waals surface area (Å²) in [6.07, 6.45) is 0. The van der Waals surface area contributed by atoms with E-state index in [-0.39, 0.29) is 5.91 Å². The Balaban J connectivity index is 1.78. The number of hydrogen-bond acceptors (Lipinski definition) is 5. The average Bonchev–Trinajstić information content (AvgIpc) is 3.22. The van der Waals surface area contributed by atoms with Crippen molar-refractivity contribution in [1.82, 2.24) is 4.98 Å². The van der Waals surface area contributed by atoms with Gasteiger partial charge in [0.15, 0.2) is 0 Å². The number of benzene rings is 2. The Kier molecular flexibility index (Phi) is 6.40. The highest BCUT2D eigenvalue weighted by molar-refractivity contribution is 7.13. The van der Waals surface area contributed by atoms with Crippen LogP contribution < -0.4 is 21.8 Å². The predicted octanol–water partition coefficient (Wildman–Crippen LogP) is 4.20. The van der Waals surface area contributed by atoms with Crippen LogP contribution in [0.25, 0.3) is 10.4 Å². The number of primary amides is 1. The van der Waals surface area contributed by atoms with Crippen LogP contribution in [0.4, 0.5) is 11.4 Å². The lowest BCUT2D eigenvalue weighted by atomic mass is 10.0. The molecule has 2 amide bonds. The lowest BCUT2D eigenvalue weighted by Crippen LogP contribution is -2.48. The fraction of sp³-hybridized carbons (Fsp3) is 0.182. The van der Waals surface area contributed by atoms with E-state index in [1.807, 2.05) is 29.6 Å². The van der Waals surface area contributed by atoms with Crippen molar-refractivity contribution < 1.29 is 9.59 Å². The summed E-state index contributed by atoms with van der Waals surface area (Å²) in [4.78, 5) is 29.1. The van der Waals surface area contributed by atoms with Crippen molar-refractivity contribution in [3.05, 3.63) is 71.1 Å². The quantitative estimate of drug-likeness (QED) is 0.327. The first-order valence-electron chi connectivity index (χ1n) is 9.56. The van der Waals surface area contributed by atoms with Gasteiger partial charge in [-0.25, -0.2) is 0 Å². The smallest absolute Gasteiger partial charge is 0.255 e. The second kappa shape index (κ2) is 8.82. The number of amides is 2. The predicted molar refractivity (Wildman–Crippen MR) is 127 cm³/mol. The summed E-state index contributed by atoms with van der Waals surface area (Å²) in [6, 6.07) is 15.9. The second-order valence-corrected chi connectivity index (χ2v) is 13.8. The third kappa shape index (κ3) is 5.35. The highest BCUT2D eigenvalue weighted by Gasteiger charge is 2.25. The van der Waals surface area contributed by atoms with Crippen molar-refractivity contribution in [2.24, 2.45) is 5.73 Å². The summed E-state index contributed by atoms with van der Waals surface area (Å²) in [7, 11) is -1.73. The number of nitrogens with one attached hydrogen (secondary N) is 2. The van der Waals surface area contributed by atoms with Crippen LogP contribution >= 0.6 is 11.3 Å². The number of hydrogen-bond donors (Lipinski definition) is 4. The minimum Gasteiger partial charge on any atom is -0.397 e. The molecular formula is C22H26N4O2SSi. The van der Waals surface area contributed by atoms with Gasteiger partial charge in [-0.05, 0) is 46.8 Å². The average molecular weight is 439 g/mol. The molecule has 1 heterocycles. The summed E-state index contributed by atoms with van der Waals surface area (Å²) in [6.45, 7) is 6.29. The summed E-state index contributed by atoms with van der Waals surface area (Å²) in [5, 5.41) is 4.88. The summed E-state index contributed by atoms with van der Waals surface area (Å²) in [5.41, 5.74) is 14.9. The minimum atomic E-state index is -1.73. The molecule has 1 aromatic heterocycles.